The van der Waals surface area contributed by atoms with Gasteiger partial charge < -0.3 is 14.4 Å². The largest absolute Gasteiger partial charge is 0.508 e. The molecule has 0 atom stereocenters. The van der Waals surface area contributed by atoms with Crippen LogP contribution in [0.15, 0.2) is 22.7 Å². The van der Waals surface area contributed by atoms with Crippen LogP contribution in [0.3, 0.4) is 0 Å². The van der Waals surface area contributed by atoms with Crippen LogP contribution >= 0.6 is 0 Å². The van der Waals surface area contributed by atoms with E-state index in [9.17, 15) is 5.11 Å². The van der Waals surface area contributed by atoms with E-state index in [0.29, 0.717) is 18.3 Å². The second-order valence-electron chi connectivity index (χ2n) is 4.11. The number of aromatic hydroxyl groups is 1. The molecule has 2 rings (SSSR count). The molecule has 5 heteroatoms. The van der Waals surface area contributed by atoms with Crippen molar-refractivity contribution in [1.29, 1.82) is 0 Å². The molecule has 5 nitrogen and oxygen atoms in total. The van der Waals surface area contributed by atoms with Crippen molar-refractivity contribution in [1.82, 2.24) is 10.1 Å². The number of hydrogen-bond acceptors (Lipinski definition) is 5. The molecule has 0 saturated heterocycles. The summed E-state index contributed by atoms with van der Waals surface area (Å²) >= 11 is 0. The molecule has 18 heavy (non-hydrogen) atoms. The number of rotatable bonds is 5. The molecule has 0 fully saturated rings. The normalized spacial score (nSPS) is 10.8. The van der Waals surface area contributed by atoms with Gasteiger partial charge in [-0.15, -0.1) is 0 Å². The topological polar surface area (TPSA) is 68.4 Å². The zero-order valence-corrected chi connectivity index (χ0v) is 10.5. The number of phenols is 1. The number of phenolic OH excluding ortho intramolecular Hbond substituents is 1. The number of aryl methyl sites for hydroxylation is 2. The van der Waals surface area contributed by atoms with Crippen LogP contribution in [-0.2, 0) is 11.2 Å². The molecule has 0 radical (unpaired) electrons. The first-order valence-corrected chi connectivity index (χ1v) is 5.82. The summed E-state index contributed by atoms with van der Waals surface area (Å²) in [6.45, 7) is 2.58. The van der Waals surface area contributed by atoms with Crippen LogP contribution in [0.5, 0.6) is 5.75 Å². The minimum atomic E-state index is 0.232. The van der Waals surface area contributed by atoms with Crippen LogP contribution in [-0.4, -0.2) is 29.0 Å². The average Bonchev–Trinajstić information content (AvgIpc) is 2.78. The Balaban J connectivity index is 2.13. The number of nitrogens with zero attached hydrogens (tertiary/aromatic N) is 2. The first kappa shape index (κ1) is 12.6. The predicted molar refractivity (Wildman–Crippen MR) is 66.3 cm³/mol. The van der Waals surface area contributed by atoms with Gasteiger partial charge in [-0.2, -0.15) is 4.98 Å². The maximum Gasteiger partial charge on any atom is 0.258 e. The lowest BCUT2D eigenvalue weighted by molar-refractivity contribution is 0.194. The summed E-state index contributed by atoms with van der Waals surface area (Å²) < 4.78 is 10.2. The predicted octanol–water partition coefficient (Wildman–Crippen LogP) is 2.33. The van der Waals surface area contributed by atoms with Crippen LogP contribution in [0.2, 0.25) is 0 Å². The van der Waals surface area contributed by atoms with E-state index in [2.05, 4.69) is 10.1 Å². The molecule has 2 aromatic rings. The molecular formula is C13H16N2O3. The molecule has 1 aromatic carbocycles. The summed E-state index contributed by atoms with van der Waals surface area (Å²) in [4.78, 5) is 4.33. The Labute approximate surface area is 105 Å². The van der Waals surface area contributed by atoms with Crippen LogP contribution in [0, 0.1) is 6.92 Å². The molecule has 0 bridgehead atoms. The van der Waals surface area contributed by atoms with Crippen molar-refractivity contribution in [2.75, 3.05) is 13.7 Å². The summed E-state index contributed by atoms with van der Waals surface area (Å²) in [6, 6.07) is 5.05. The Bertz CT molecular complexity index is 523. The molecule has 1 N–H and O–H groups in total. The molecule has 96 valence electrons. The van der Waals surface area contributed by atoms with Crippen molar-refractivity contribution < 1.29 is 14.4 Å². The molecule has 0 aliphatic carbocycles. The van der Waals surface area contributed by atoms with E-state index in [1.807, 2.05) is 6.92 Å². The van der Waals surface area contributed by atoms with Crippen molar-refractivity contribution in [2.45, 2.75) is 19.8 Å². The molecule has 0 aliphatic rings. The SMILES string of the molecule is COCCCc1noc(-c2ccc(O)cc2C)n1. The second kappa shape index (κ2) is 5.64. The number of methoxy groups -OCH3 is 1. The third-order valence-electron chi connectivity index (χ3n) is 2.66. The van der Waals surface area contributed by atoms with Crippen molar-refractivity contribution in [3.63, 3.8) is 0 Å². The fraction of sp³-hybridized carbons (Fsp3) is 0.385. The Hall–Kier alpha value is -1.88. The highest BCUT2D eigenvalue weighted by Gasteiger charge is 2.11. The molecule has 0 aliphatic heterocycles. The van der Waals surface area contributed by atoms with E-state index in [1.165, 1.54) is 0 Å². The van der Waals surface area contributed by atoms with E-state index >= 15 is 0 Å². The minimum Gasteiger partial charge on any atom is -0.508 e. The third kappa shape index (κ3) is 2.87. The zero-order valence-electron chi connectivity index (χ0n) is 10.5. The van der Waals surface area contributed by atoms with Crippen LogP contribution in [0.4, 0.5) is 0 Å². The summed E-state index contributed by atoms with van der Waals surface area (Å²) in [7, 11) is 1.67. The Morgan fingerprint density at radius 3 is 2.94 bits per heavy atom. The monoisotopic (exact) mass is 248 g/mol. The first-order valence-electron chi connectivity index (χ1n) is 5.82. The molecule has 0 unspecified atom stereocenters. The molecular weight excluding hydrogens is 232 g/mol. The van der Waals surface area contributed by atoms with Gasteiger partial charge >= 0.3 is 0 Å². The maximum absolute atomic E-state index is 9.35. The fourth-order valence-corrected chi connectivity index (χ4v) is 1.73. The van der Waals surface area contributed by atoms with Gasteiger partial charge in [0.15, 0.2) is 5.82 Å². The van der Waals surface area contributed by atoms with Gasteiger partial charge in [0.05, 0.1) is 0 Å². The van der Waals surface area contributed by atoms with E-state index in [4.69, 9.17) is 9.26 Å². The lowest BCUT2D eigenvalue weighted by atomic mass is 10.1. The molecule has 1 aromatic heterocycles. The Kier molecular flexibility index (Phi) is 3.94. The van der Waals surface area contributed by atoms with Crippen LogP contribution < -0.4 is 0 Å². The smallest absolute Gasteiger partial charge is 0.258 e. The van der Waals surface area contributed by atoms with Gasteiger partial charge in [0, 0.05) is 25.7 Å². The molecule has 0 amide bonds. The summed E-state index contributed by atoms with van der Waals surface area (Å²) in [6.07, 6.45) is 1.60. The van der Waals surface area contributed by atoms with Crippen molar-refractivity contribution >= 4 is 0 Å². The number of benzene rings is 1. The lowest BCUT2D eigenvalue weighted by Gasteiger charge is -2.00. The molecule has 1 heterocycles. The number of ether oxygens (including phenoxy) is 1. The van der Waals surface area contributed by atoms with Gasteiger partial charge in [-0.1, -0.05) is 5.16 Å². The summed E-state index contributed by atoms with van der Waals surface area (Å²) in [5.74, 6) is 1.39. The fourth-order valence-electron chi connectivity index (χ4n) is 1.73. The second-order valence-corrected chi connectivity index (χ2v) is 4.11. The maximum atomic E-state index is 9.35. The average molecular weight is 248 g/mol. The number of aromatic nitrogens is 2. The standard InChI is InChI=1S/C13H16N2O3/c1-9-8-10(16)5-6-11(9)13-14-12(15-18-13)4-3-7-17-2/h5-6,8,16H,3-4,7H2,1-2H3. The van der Waals surface area contributed by atoms with Crippen LogP contribution in [0.25, 0.3) is 11.5 Å². The minimum absolute atomic E-state index is 0.232. The quantitative estimate of drug-likeness (QED) is 0.822. The molecule has 0 saturated carbocycles. The van der Waals surface area contributed by atoms with Gasteiger partial charge in [0.2, 0.25) is 0 Å². The van der Waals surface area contributed by atoms with Crippen molar-refractivity contribution in [2.24, 2.45) is 0 Å². The summed E-state index contributed by atoms with van der Waals surface area (Å²) in [5, 5.41) is 13.3. The zero-order chi connectivity index (χ0) is 13.0. The Morgan fingerprint density at radius 1 is 1.39 bits per heavy atom. The van der Waals surface area contributed by atoms with Crippen molar-refractivity contribution in [3.8, 4) is 17.2 Å². The third-order valence-corrected chi connectivity index (χ3v) is 2.66. The summed E-state index contributed by atoms with van der Waals surface area (Å²) in [5.41, 5.74) is 1.75. The molecule has 0 spiro atoms. The van der Waals surface area contributed by atoms with Gasteiger partial charge in [-0.25, -0.2) is 0 Å². The van der Waals surface area contributed by atoms with E-state index in [0.717, 1.165) is 24.0 Å². The highest BCUT2D eigenvalue weighted by atomic mass is 16.5. The van der Waals surface area contributed by atoms with E-state index in [-0.39, 0.29) is 5.75 Å². The highest BCUT2D eigenvalue weighted by molar-refractivity contribution is 5.59. The van der Waals surface area contributed by atoms with Gasteiger partial charge in [0.1, 0.15) is 5.75 Å². The van der Waals surface area contributed by atoms with Gasteiger partial charge in [0.25, 0.3) is 5.89 Å². The number of hydrogen-bond donors (Lipinski definition) is 1. The van der Waals surface area contributed by atoms with Crippen molar-refractivity contribution in [3.05, 3.63) is 29.6 Å². The highest BCUT2D eigenvalue weighted by Crippen LogP contribution is 2.25. The lowest BCUT2D eigenvalue weighted by Crippen LogP contribution is -1.94. The van der Waals surface area contributed by atoms with Crippen LogP contribution in [0.1, 0.15) is 17.8 Å². The van der Waals surface area contributed by atoms with E-state index < -0.39 is 0 Å². The van der Waals surface area contributed by atoms with Gasteiger partial charge in [-0.05, 0) is 37.1 Å². The Morgan fingerprint density at radius 2 is 2.22 bits per heavy atom. The van der Waals surface area contributed by atoms with Gasteiger partial charge in [-0.3, -0.25) is 0 Å². The first-order chi connectivity index (χ1) is 8.70. The van der Waals surface area contributed by atoms with E-state index in [1.54, 1.807) is 25.3 Å².